The van der Waals surface area contributed by atoms with Crippen LogP contribution in [0.15, 0.2) is 24.3 Å². The van der Waals surface area contributed by atoms with Crippen molar-refractivity contribution in [1.82, 2.24) is 20.1 Å². The van der Waals surface area contributed by atoms with Gasteiger partial charge in [0, 0.05) is 19.6 Å². The lowest BCUT2D eigenvalue weighted by atomic mass is 10.2. The molecule has 1 atom stereocenters. The third-order valence-corrected chi connectivity index (χ3v) is 3.52. The average molecular weight is 323 g/mol. The lowest BCUT2D eigenvalue weighted by Gasteiger charge is -2.07. The number of amides is 1. The fourth-order valence-corrected chi connectivity index (χ4v) is 2.11. The van der Waals surface area contributed by atoms with Gasteiger partial charge in [0.15, 0.2) is 0 Å². The maximum Gasteiger partial charge on any atom is 0.290 e. The van der Waals surface area contributed by atoms with Crippen LogP contribution >= 0.6 is 11.6 Å². The summed E-state index contributed by atoms with van der Waals surface area (Å²) in [4.78, 5) is 16.4. The molecular formula is C15H19ClN4O2. The lowest BCUT2D eigenvalue weighted by molar-refractivity contribution is 0.0932. The fourth-order valence-electron chi connectivity index (χ4n) is 1.90. The smallest absolute Gasteiger partial charge is 0.290 e. The minimum atomic E-state index is -0.360. The molecule has 0 aliphatic carbocycles. The third kappa shape index (κ3) is 3.64. The van der Waals surface area contributed by atoms with E-state index in [0.717, 1.165) is 0 Å². The van der Waals surface area contributed by atoms with Crippen LogP contribution in [0, 0.1) is 5.92 Å². The van der Waals surface area contributed by atoms with E-state index in [1.807, 2.05) is 32.0 Å². The summed E-state index contributed by atoms with van der Waals surface area (Å²) in [7, 11) is 0. The topological polar surface area (TPSA) is 80.0 Å². The number of aliphatic hydroxyl groups is 1. The Hall–Kier alpha value is -1.92. The van der Waals surface area contributed by atoms with E-state index < -0.39 is 0 Å². The number of carbonyl (C=O) groups excluding carboxylic acids is 1. The van der Waals surface area contributed by atoms with Gasteiger partial charge in [-0.15, -0.1) is 5.10 Å². The van der Waals surface area contributed by atoms with Gasteiger partial charge in [-0.25, -0.2) is 9.67 Å². The predicted molar refractivity (Wildman–Crippen MR) is 84.3 cm³/mol. The van der Waals surface area contributed by atoms with Gasteiger partial charge in [0.2, 0.25) is 5.82 Å². The van der Waals surface area contributed by atoms with E-state index in [2.05, 4.69) is 15.4 Å². The molecule has 7 heteroatoms. The summed E-state index contributed by atoms with van der Waals surface area (Å²) in [5, 5.41) is 16.5. The minimum Gasteiger partial charge on any atom is -0.396 e. The van der Waals surface area contributed by atoms with Crippen LogP contribution in [0.4, 0.5) is 0 Å². The van der Waals surface area contributed by atoms with E-state index in [4.69, 9.17) is 16.7 Å². The number of nitrogens with one attached hydrogen (secondary N) is 1. The van der Waals surface area contributed by atoms with E-state index in [1.54, 1.807) is 10.7 Å². The maximum absolute atomic E-state index is 12.1. The second-order valence-corrected chi connectivity index (χ2v) is 5.47. The van der Waals surface area contributed by atoms with Crippen molar-refractivity contribution in [2.24, 2.45) is 5.92 Å². The summed E-state index contributed by atoms with van der Waals surface area (Å²) in [6, 6.07) is 7.27. The van der Waals surface area contributed by atoms with Crippen molar-refractivity contribution in [3.8, 4) is 5.69 Å². The summed E-state index contributed by atoms with van der Waals surface area (Å²) >= 11 is 6.18. The molecule has 1 aromatic carbocycles. The zero-order valence-electron chi connectivity index (χ0n) is 12.6. The minimum absolute atomic E-state index is 0.0137. The lowest BCUT2D eigenvalue weighted by Crippen LogP contribution is -2.30. The largest absolute Gasteiger partial charge is 0.396 e. The number of carbonyl (C=O) groups is 1. The van der Waals surface area contributed by atoms with E-state index in [0.29, 0.717) is 29.5 Å². The first-order chi connectivity index (χ1) is 10.6. The van der Waals surface area contributed by atoms with Gasteiger partial charge in [-0.3, -0.25) is 4.79 Å². The van der Waals surface area contributed by atoms with E-state index in [-0.39, 0.29) is 24.3 Å². The van der Waals surface area contributed by atoms with Gasteiger partial charge in [0.25, 0.3) is 5.91 Å². The van der Waals surface area contributed by atoms with Crippen LogP contribution in [0.2, 0.25) is 5.02 Å². The van der Waals surface area contributed by atoms with Gasteiger partial charge >= 0.3 is 0 Å². The summed E-state index contributed by atoms with van der Waals surface area (Å²) in [5.74, 6) is 0.386. The van der Waals surface area contributed by atoms with Crippen LogP contribution in [0.25, 0.3) is 5.69 Å². The molecule has 2 N–H and O–H groups in total. The molecule has 0 saturated heterocycles. The summed E-state index contributed by atoms with van der Waals surface area (Å²) in [5.41, 5.74) is 0.691. The van der Waals surface area contributed by atoms with Gasteiger partial charge in [0.1, 0.15) is 5.82 Å². The van der Waals surface area contributed by atoms with Gasteiger partial charge < -0.3 is 10.4 Å². The molecule has 1 amide bonds. The molecule has 1 heterocycles. The van der Waals surface area contributed by atoms with Gasteiger partial charge in [-0.2, -0.15) is 0 Å². The maximum atomic E-state index is 12.1. The van der Waals surface area contributed by atoms with Crippen LogP contribution in [-0.2, 0) is 6.42 Å². The Morgan fingerprint density at radius 3 is 2.82 bits per heavy atom. The normalized spacial score (nSPS) is 12.2. The van der Waals surface area contributed by atoms with Crippen molar-refractivity contribution in [3.63, 3.8) is 0 Å². The number of hydrogen-bond donors (Lipinski definition) is 2. The molecule has 0 saturated carbocycles. The van der Waals surface area contributed by atoms with Crippen molar-refractivity contribution < 1.29 is 9.90 Å². The van der Waals surface area contributed by atoms with E-state index >= 15 is 0 Å². The molecule has 1 unspecified atom stereocenters. The Kier molecular flexibility index (Phi) is 5.51. The average Bonchev–Trinajstić information content (AvgIpc) is 2.96. The molecule has 2 aromatic rings. The molecule has 0 bridgehead atoms. The zero-order valence-corrected chi connectivity index (χ0v) is 13.3. The Morgan fingerprint density at radius 1 is 1.45 bits per heavy atom. The Morgan fingerprint density at radius 2 is 2.18 bits per heavy atom. The second kappa shape index (κ2) is 7.38. The van der Waals surface area contributed by atoms with E-state index in [9.17, 15) is 4.79 Å². The fraction of sp³-hybridized carbons (Fsp3) is 0.400. The molecule has 1 aromatic heterocycles. The number of benzene rings is 1. The number of nitrogens with zero attached hydrogens (tertiary/aromatic N) is 3. The molecule has 118 valence electrons. The number of hydrogen-bond acceptors (Lipinski definition) is 4. The molecule has 0 radical (unpaired) electrons. The summed E-state index contributed by atoms with van der Waals surface area (Å²) < 4.78 is 1.59. The second-order valence-electron chi connectivity index (χ2n) is 5.07. The predicted octanol–water partition coefficient (Wildman–Crippen LogP) is 1.84. The van der Waals surface area contributed by atoms with Crippen LogP contribution in [0.3, 0.4) is 0 Å². The van der Waals surface area contributed by atoms with Crippen molar-refractivity contribution in [1.29, 1.82) is 0 Å². The molecule has 0 spiro atoms. The quantitative estimate of drug-likeness (QED) is 0.850. The summed E-state index contributed by atoms with van der Waals surface area (Å²) in [6.45, 7) is 4.17. The highest BCUT2D eigenvalue weighted by molar-refractivity contribution is 6.32. The monoisotopic (exact) mass is 322 g/mol. The highest BCUT2D eigenvalue weighted by Crippen LogP contribution is 2.20. The van der Waals surface area contributed by atoms with Gasteiger partial charge in [-0.1, -0.05) is 37.6 Å². The van der Waals surface area contributed by atoms with Gasteiger partial charge in [0.05, 0.1) is 10.7 Å². The first-order valence-corrected chi connectivity index (χ1v) is 7.54. The highest BCUT2D eigenvalue weighted by atomic mass is 35.5. The number of aromatic nitrogens is 3. The number of rotatable bonds is 6. The molecule has 0 fully saturated rings. The molecule has 0 aliphatic rings. The molecule has 22 heavy (non-hydrogen) atoms. The van der Waals surface area contributed by atoms with E-state index in [1.165, 1.54) is 0 Å². The highest BCUT2D eigenvalue weighted by Gasteiger charge is 2.18. The first-order valence-electron chi connectivity index (χ1n) is 7.16. The summed E-state index contributed by atoms with van der Waals surface area (Å²) in [6.07, 6.45) is 0.624. The molecule has 0 aliphatic heterocycles. The Labute approximate surface area is 134 Å². The standard InChI is InChI=1S/C15H19ClN4O2/c1-3-13-18-14(15(22)17-8-10(2)9-21)19-20(13)12-7-5-4-6-11(12)16/h4-7,10,21H,3,8-9H2,1-2H3,(H,17,22). The van der Waals surface area contributed by atoms with Crippen molar-refractivity contribution in [2.45, 2.75) is 20.3 Å². The molecule has 6 nitrogen and oxygen atoms in total. The Bertz CT molecular complexity index is 657. The molecule has 2 rings (SSSR count). The van der Waals surface area contributed by atoms with Gasteiger partial charge in [-0.05, 0) is 18.1 Å². The first kappa shape index (κ1) is 16.5. The molecular weight excluding hydrogens is 304 g/mol. The van der Waals surface area contributed by atoms with Crippen LogP contribution in [0.5, 0.6) is 0 Å². The number of aliphatic hydroxyl groups excluding tert-OH is 1. The SMILES string of the molecule is CCc1nc(C(=O)NCC(C)CO)nn1-c1ccccc1Cl. The van der Waals surface area contributed by atoms with Crippen LogP contribution in [0.1, 0.15) is 30.3 Å². The van der Waals surface area contributed by atoms with Crippen LogP contribution < -0.4 is 5.32 Å². The van der Waals surface area contributed by atoms with Crippen molar-refractivity contribution >= 4 is 17.5 Å². The van der Waals surface area contributed by atoms with Crippen molar-refractivity contribution in [2.75, 3.05) is 13.2 Å². The zero-order chi connectivity index (χ0) is 16.1. The number of para-hydroxylation sites is 1. The number of aryl methyl sites for hydroxylation is 1. The third-order valence-electron chi connectivity index (χ3n) is 3.20. The Balaban J connectivity index is 2.26. The number of halogens is 1. The van der Waals surface area contributed by atoms with Crippen LogP contribution in [-0.4, -0.2) is 38.9 Å². The van der Waals surface area contributed by atoms with Crippen molar-refractivity contribution in [3.05, 3.63) is 40.9 Å².